The van der Waals surface area contributed by atoms with Gasteiger partial charge in [0.1, 0.15) is 11.9 Å². The van der Waals surface area contributed by atoms with Crippen molar-refractivity contribution in [2.24, 2.45) is 0 Å². The zero-order valence-electron chi connectivity index (χ0n) is 11.3. The van der Waals surface area contributed by atoms with Crippen molar-refractivity contribution in [2.75, 3.05) is 26.1 Å². The maximum atomic E-state index is 11.3. The molecule has 0 amide bonds. The first kappa shape index (κ1) is 15.8. The van der Waals surface area contributed by atoms with Crippen LogP contribution >= 0.6 is 0 Å². The number of anilines is 1. The average molecular weight is 283 g/mol. The first-order chi connectivity index (χ1) is 9.58. The second-order valence-electron chi connectivity index (χ2n) is 3.95. The summed E-state index contributed by atoms with van der Waals surface area (Å²) in [6.07, 6.45) is 3.55. The molecule has 1 aromatic heterocycles. The Hall–Kier alpha value is -2.22. The smallest absolute Gasteiger partial charge is 0.358 e. The summed E-state index contributed by atoms with van der Waals surface area (Å²) < 4.78 is 9.40. The molecule has 2 N–H and O–H groups in total. The summed E-state index contributed by atoms with van der Waals surface area (Å²) in [6, 6.07) is -0.827. The van der Waals surface area contributed by atoms with Gasteiger partial charge in [-0.1, -0.05) is 0 Å². The van der Waals surface area contributed by atoms with Crippen molar-refractivity contribution < 1.29 is 24.2 Å². The Balaban J connectivity index is 2.73. The molecule has 0 saturated heterocycles. The number of hydrogen-bond donors (Lipinski definition) is 2. The first-order valence-electron chi connectivity index (χ1n) is 5.97. The van der Waals surface area contributed by atoms with Crippen LogP contribution in [-0.2, 0) is 14.3 Å². The minimum Gasteiger partial charge on any atom is -0.480 e. The van der Waals surface area contributed by atoms with Crippen molar-refractivity contribution in [3.05, 3.63) is 18.1 Å². The number of aromatic nitrogens is 2. The second kappa shape index (κ2) is 8.05. The molecule has 0 aliphatic rings. The summed E-state index contributed by atoms with van der Waals surface area (Å²) in [5.41, 5.74) is 0.0125. The van der Waals surface area contributed by atoms with Gasteiger partial charge < -0.3 is 19.9 Å². The number of nitrogens with one attached hydrogen (secondary N) is 1. The van der Waals surface area contributed by atoms with Crippen LogP contribution in [0.3, 0.4) is 0 Å². The predicted octanol–water partition coefficient (Wildman–Crippen LogP) is 0.555. The molecular weight excluding hydrogens is 266 g/mol. The summed E-state index contributed by atoms with van der Waals surface area (Å²) in [5, 5.41) is 11.8. The zero-order chi connectivity index (χ0) is 15.0. The van der Waals surface area contributed by atoms with E-state index in [2.05, 4.69) is 20.0 Å². The van der Waals surface area contributed by atoms with Crippen molar-refractivity contribution >= 4 is 17.8 Å². The second-order valence-corrected chi connectivity index (χ2v) is 3.95. The number of carboxylic acid groups (broad SMARTS) is 1. The molecule has 1 atom stereocenters. The first-order valence-corrected chi connectivity index (χ1v) is 5.97. The standard InChI is InChI=1S/C12H17N3O5/c1-19-5-3-4-8(11(16)17)14-10-7-13-6-9(15-10)12(18)20-2/h6-8H,3-5H2,1-2H3,(H,14,15)(H,16,17). The molecule has 0 saturated carbocycles. The highest BCUT2D eigenvalue weighted by molar-refractivity contribution is 5.87. The Bertz CT molecular complexity index is 466. The Kier molecular flexibility index (Phi) is 6.38. The number of carboxylic acids is 1. The fraction of sp³-hybridized carbons (Fsp3) is 0.500. The van der Waals surface area contributed by atoms with E-state index in [0.717, 1.165) is 0 Å². The molecular formula is C12H17N3O5. The number of nitrogens with zero attached hydrogens (tertiary/aromatic N) is 2. The maximum Gasteiger partial charge on any atom is 0.358 e. The molecule has 0 bridgehead atoms. The van der Waals surface area contributed by atoms with Crippen LogP contribution in [0.2, 0.25) is 0 Å². The summed E-state index contributed by atoms with van der Waals surface area (Å²) in [5.74, 6) is -1.43. The average Bonchev–Trinajstić information content (AvgIpc) is 2.45. The molecule has 1 rings (SSSR count). The summed E-state index contributed by atoms with van der Waals surface area (Å²) >= 11 is 0. The van der Waals surface area contributed by atoms with Crippen LogP contribution in [0.1, 0.15) is 23.3 Å². The lowest BCUT2D eigenvalue weighted by Crippen LogP contribution is -2.30. The normalized spacial score (nSPS) is 11.7. The summed E-state index contributed by atoms with van der Waals surface area (Å²) in [6.45, 7) is 0.472. The Morgan fingerprint density at radius 2 is 2.15 bits per heavy atom. The minimum absolute atomic E-state index is 0.0125. The van der Waals surface area contributed by atoms with Crippen LogP contribution in [-0.4, -0.2) is 53.9 Å². The van der Waals surface area contributed by atoms with E-state index in [1.807, 2.05) is 0 Å². The lowest BCUT2D eigenvalue weighted by atomic mass is 10.1. The van der Waals surface area contributed by atoms with Crippen LogP contribution in [0.15, 0.2) is 12.4 Å². The van der Waals surface area contributed by atoms with Gasteiger partial charge in [0.25, 0.3) is 0 Å². The topological polar surface area (TPSA) is 111 Å². The van der Waals surface area contributed by atoms with Gasteiger partial charge in [-0.05, 0) is 12.8 Å². The Morgan fingerprint density at radius 3 is 2.75 bits per heavy atom. The van der Waals surface area contributed by atoms with Crippen molar-refractivity contribution in [1.82, 2.24) is 9.97 Å². The molecule has 8 heteroatoms. The van der Waals surface area contributed by atoms with E-state index in [1.165, 1.54) is 19.5 Å². The number of aliphatic carboxylic acids is 1. The van der Waals surface area contributed by atoms with Crippen molar-refractivity contribution in [3.8, 4) is 0 Å². The van der Waals surface area contributed by atoms with Crippen LogP contribution in [0.5, 0.6) is 0 Å². The summed E-state index contributed by atoms with van der Waals surface area (Å²) in [7, 11) is 2.78. The van der Waals surface area contributed by atoms with Crippen LogP contribution in [0.25, 0.3) is 0 Å². The van der Waals surface area contributed by atoms with Gasteiger partial charge in [0.05, 0.1) is 19.5 Å². The fourth-order valence-corrected chi connectivity index (χ4v) is 1.51. The lowest BCUT2D eigenvalue weighted by molar-refractivity contribution is -0.138. The van der Waals surface area contributed by atoms with E-state index in [4.69, 9.17) is 9.84 Å². The number of methoxy groups -OCH3 is 2. The van der Waals surface area contributed by atoms with Gasteiger partial charge in [0.2, 0.25) is 0 Å². The highest BCUT2D eigenvalue weighted by atomic mass is 16.5. The Morgan fingerprint density at radius 1 is 1.40 bits per heavy atom. The molecule has 0 radical (unpaired) electrons. The molecule has 20 heavy (non-hydrogen) atoms. The third kappa shape index (κ3) is 4.81. The number of esters is 1. The largest absolute Gasteiger partial charge is 0.480 e. The van der Waals surface area contributed by atoms with Crippen molar-refractivity contribution in [1.29, 1.82) is 0 Å². The van der Waals surface area contributed by atoms with E-state index in [9.17, 15) is 9.59 Å². The van der Waals surface area contributed by atoms with Crippen LogP contribution < -0.4 is 5.32 Å². The monoisotopic (exact) mass is 283 g/mol. The predicted molar refractivity (Wildman–Crippen MR) is 69.5 cm³/mol. The van der Waals surface area contributed by atoms with Crippen molar-refractivity contribution in [3.63, 3.8) is 0 Å². The maximum absolute atomic E-state index is 11.3. The molecule has 1 unspecified atom stereocenters. The van der Waals surface area contributed by atoms with E-state index in [0.29, 0.717) is 19.4 Å². The number of ether oxygens (including phenoxy) is 2. The Labute approximate surface area is 116 Å². The van der Waals surface area contributed by atoms with Gasteiger partial charge in [-0.2, -0.15) is 0 Å². The number of hydrogen-bond acceptors (Lipinski definition) is 7. The van der Waals surface area contributed by atoms with Gasteiger partial charge in [-0.25, -0.2) is 14.6 Å². The molecule has 1 aromatic rings. The lowest BCUT2D eigenvalue weighted by Gasteiger charge is -2.14. The van der Waals surface area contributed by atoms with Gasteiger partial charge in [-0.15, -0.1) is 0 Å². The van der Waals surface area contributed by atoms with Gasteiger partial charge >= 0.3 is 11.9 Å². The molecule has 0 aliphatic carbocycles. The SMILES string of the molecule is COCCCC(Nc1cncc(C(=O)OC)n1)C(=O)O. The van der Waals surface area contributed by atoms with Crippen LogP contribution in [0, 0.1) is 0 Å². The minimum atomic E-state index is -1.01. The zero-order valence-corrected chi connectivity index (χ0v) is 11.3. The van der Waals surface area contributed by atoms with E-state index in [-0.39, 0.29) is 11.5 Å². The van der Waals surface area contributed by atoms with Gasteiger partial charge in [0, 0.05) is 13.7 Å². The van der Waals surface area contributed by atoms with E-state index < -0.39 is 18.0 Å². The van der Waals surface area contributed by atoms with E-state index >= 15 is 0 Å². The molecule has 0 aliphatic heterocycles. The number of carbonyl (C=O) groups is 2. The third-order valence-corrected chi connectivity index (χ3v) is 2.49. The van der Waals surface area contributed by atoms with Gasteiger partial charge in [0.15, 0.2) is 5.69 Å². The van der Waals surface area contributed by atoms with E-state index in [1.54, 1.807) is 7.11 Å². The number of carbonyl (C=O) groups excluding carboxylic acids is 1. The van der Waals surface area contributed by atoms with Crippen molar-refractivity contribution in [2.45, 2.75) is 18.9 Å². The fourth-order valence-electron chi connectivity index (χ4n) is 1.51. The molecule has 110 valence electrons. The molecule has 8 nitrogen and oxygen atoms in total. The molecule has 0 fully saturated rings. The molecule has 0 spiro atoms. The van der Waals surface area contributed by atoms with Gasteiger partial charge in [-0.3, -0.25) is 4.98 Å². The van der Waals surface area contributed by atoms with Crippen LogP contribution in [0.4, 0.5) is 5.82 Å². The molecule has 0 aromatic carbocycles. The number of rotatable bonds is 8. The summed E-state index contributed by atoms with van der Waals surface area (Å²) in [4.78, 5) is 30.2. The highest BCUT2D eigenvalue weighted by Crippen LogP contribution is 2.09. The highest BCUT2D eigenvalue weighted by Gasteiger charge is 2.18. The quantitative estimate of drug-likeness (QED) is 0.526. The molecule has 1 heterocycles. The third-order valence-electron chi connectivity index (χ3n) is 2.49.